The van der Waals surface area contributed by atoms with Gasteiger partial charge in [0.15, 0.2) is 0 Å². The fourth-order valence-corrected chi connectivity index (χ4v) is 3.21. The molecule has 2 atom stereocenters. The molecule has 1 amide bonds. The number of amides is 1. The van der Waals surface area contributed by atoms with E-state index in [9.17, 15) is 4.79 Å². The first-order chi connectivity index (χ1) is 9.38. The van der Waals surface area contributed by atoms with Crippen molar-refractivity contribution in [1.82, 2.24) is 10.3 Å². The van der Waals surface area contributed by atoms with E-state index in [0.717, 1.165) is 6.42 Å². The lowest BCUT2D eigenvalue weighted by atomic mass is 9.69. The maximum atomic E-state index is 12.3. The molecular weight excluding hydrogens is 272 g/mol. The molecule has 3 nitrogen and oxygen atoms in total. The summed E-state index contributed by atoms with van der Waals surface area (Å²) in [7, 11) is 0. The number of hydrogen-bond donors (Lipinski definition) is 1. The van der Waals surface area contributed by atoms with E-state index in [2.05, 4.69) is 31.1 Å². The second-order valence-electron chi connectivity index (χ2n) is 6.71. The van der Waals surface area contributed by atoms with Gasteiger partial charge in [-0.1, -0.05) is 45.2 Å². The topological polar surface area (TPSA) is 42.0 Å². The fourth-order valence-electron chi connectivity index (χ4n) is 3.10. The van der Waals surface area contributed by atoms with Crippen LogP contribution in [0.15, 0.2) is 18.3 Å². The van der Waals surface area contributed by atoms with Crippen LogP contribution in [0, 0.1) is 11.3 Å². The van der Waals surface area contributed by atoms with E-state index in [1.165, 1.54) is 25.5 Å². The predicted molar refractivity (Wildman–Crippen MR) is 81.9 cm³/mol. The van der Waals surface area contributed by atoms with Crippen LogP contribution in [0.1, 0.15) is 56.8 Å². The lowest BCUT2D eigenvalue weighted by Gasteiger charge is -2.40. The molecule has 1 aliphatic carbocycles. The second kappa shape index (κ2) is 6.13. The summed E-state index contributed by atoms with van der Waals surface area (Å²) in [5.74, 6) is 0.482. The van der Waals surface area contributed by atoms with Crippen molar-refractivity contribution in [1.29, 1.82) is 0 Å². The van der Waals surface area contributed by atoms with Crippen molar-refractivity contribution < 1.29 is 4.79 Å². The summed E-state index contributed by atoms with van der Waals surface area (Å²) < 4.78 is 0. The Kier molecular flexibility index (Phi) is 4.69. The van der Waals surface area contributed by atoms with E-state index in [1.807, 2.05) is 0 Å². The molecule has 1 heterocycles. The van der Waals surface area contributed by atoms with Crippen LogP contribution in [0.5, 0.6) is 0 Å². The SMILES string of the molecule is CC(C)(C)[C@H]1CCCC[C@@H]1NC(=O)c1ccc(Cl)nc1. The minimum Gasteiger partial charge on any atom is -0.349 e. The Morgan fingerprint density at radius 2 is 2.00 bits per heavy atom. The molecule has 0 spiro atoms. The van der Waals surface area contributed by atoms with Gasteiger partial charge in [0.1, 0.15) is 5.15 Å². The van der Waals surface area contributed by atoms with Crippen molar-refractivity contribution in [2.24, 2.45) is 11.3 Å². The lowest BCUT2D eigenvalue weighted by molar-refractivity contribution is 0.0830. The molecule has 20 heavy (non-hydrogen) atoms. The van der Waals surface area contributed by atoms with Crippen LogP contribution in [-0.2, 0) is 0 Å². The van der Waals surface area contributed by atoms with Crippen molar-refractivity contribution in [2.45, 2.75) is 52.5 Å². The first-order valence-electron chi connectivity index (χ1n) is 7.30. The highest BCUT2D eigenvalue weighted by atomic mass is 35.5. The number of pyridine rings is 1. The third kappa shape index (κ3) is 3.72. The van der Waals surface area contributed by atoms with Crippen LogP contribution in [0.25, 0.3) is 0 Å². The van der Waals surface area contributed by atoms with Crippen LogP contribution in [0.3, 0.4) is 0 Å². The second-order valence-corrected chi connectivity index (χ2v) is 7.09. The number of nitrogens with zero attached hydrogens (tertiary/aromatic N) is 1. The van der Waals surface area contributed by atoms with Gasteiger partial charge in [0, 0.05) is 12.2 Å². The largest absolute Gasteiger partial charge is 0.349 e. The van der Waals surface area contributed by atoms with Crippen molar-refractivity contribution in [2.75, 3.05) is 0 Å². The Labute approximate surface area is 126 Å². The zero-order valence-electron chi connectivity index (χ0n) is 12.4. The monoisotopic (exact) mass is 294 g/mol. The molecule has 0 unspecified atom stereocenters. The first kappa shape index (κ1) is 15.3. The molecule has 0 radical (unpaired) electrons. The zero-order chi connectivity index (χ0) is 14.8. The van der Waals surface area contributed by atoms with Crippen molar-refractivity contribution >= 4 is 17.5 Å². The van der Waals surface area contributed by atoms with Crippen molar-refractivity contribution in [3.63, 3.8) is 0 Å². The summed E-state index contributed by atoms with van der Waals surface area (Å²) in [4.78, 5) is 16.3. The molecule has 0 aromatic carbocycles. The normalized spacial score (nSPS) is 23.4. The molecule has 4 heteroatoms. The minimum absolute atomic E-state index is 0.0460. The highest BCUT2D eigenvalue weighted by Gasteiger charge is 2.34. The quantitative estimate of drug-likeness (QED) is 0.836. The lowest BCUT2D eigenvalue weighted by Crippen LogP contribution is -2.46. The zero-order valence-corrected chi connectivity index (χ0v) is 13.2. The third-order valence-corrected chi connectivity index (χ3v) is 4.41. The summed E-state index contributed by atoms with van der Waals surface area (Å²) in [6.07, 6.45) is 6.24. The van der Waals surface area contributed by atoms with Crippen molar-refractivity contribution in [3.05, 3.63) is 29.0 Å². The standard InChI is InChI=1S/C16H23ClN2O/c1-16(2,3)12-6-4-5-7-13(12)19-15(20)11-8-9-14(17)18-10-11/h8-10,12-13H,4-7H2,1-3H3,(H,19,20)/t12-,13-/m0/s1. The smallest absolute Gasteiger partial charge is 0.253 e. The molecule has 1 saturated carbocycles. The molecule has 1 aromatic rings. The average molecular weight is 295 g/mol. The van der Waals surface area contributed by atoms with Gasteiger partial charge in [-0.2, -0.15) is 0 Å². The molecule has 1 aliphatic rings. The highest BCUT2D eigenvalue weighted by molar-refractivity contribution is 6.29. The number of halogens is 1. The van der Waals surface area contributed by atoms with Gasteiger partial charge < -0.3 is 5.32 Å². The maximum absolute atomic E-state index is 12.3. The van der Waals surface area contributed by atoms with E-state index in [4.69, 9.17) is 11.6 Å². The Balaban J connectivity index is 2.07. The molecule has 1 N–H and O–H groups in total. The minimum atomic E-state index is -0.0460. The number of carbonyl (C=O) groups excluding carboxylic acids is 1. The molecule has 2 rings (SSSR count). The molecule has 0 saturated heterocycles. The molecular formula is C16H23ClN2O. The Hall–Kier alpha value is -1.09. The van der Waals surface area contributed by atoms with Gasteiger partial charge in [0.25, 0.3) is 5.91 Å². The summed E-state index contributed by atoms with van der Waals surface area (Å²) in [6.45, 7) is 6.77. The predicted octanol–water partition coefficient (Wildman–Crippen LogP) is 4.07. The van der Waals surface area contributed by atoms with Gasteiger partial charge in [-0.15, -0.1) is 0 Å². The number of nitrogens with one attached hydrogen (secondary N) is 1. The highest BCUT2D eigenvalue weighted by Crippen LogP contribution is 2.38. The van der Waals surface area contributed by atoms with Gasteiger partial charge in [0.2, 0.25) is 0 Å². The summed E-state index contributed by atoms with van der Waals surface area (Å²) in [5.41, 5.74) is 0.795. The van der Waals surface area contributed by atoms with Crippen LogP contribution in [0.2, 0.25) is 5.15 Å². The van der Waals surface area contributed by atoms with E-state index in [0.29, 0.717) is 16.6 Å². The van der Waals surface area contributed by atoms with Crippen LogP contribution in [0.4, 0.5) is 0 Å². The van der Waals surface area contributed by atoms with Gasteiger partial charge >= 0.3 is 0 Å². The van der Waals surface area contributed by atoms with Gasteiger partial charge in [-0.3, -0.25) is 4.79 Å². The van der Waals surface area contributed by atoms with Crippen molar-refractivity contribution in [3.8, 4) is 0 Å². The van der Waals surface area contributed by atoms with E-state index in [-0.39, 0.29) is 17.4 Å². The molecule has 110 valence electrons. The number of carbonyl (C=O) groups is 1. The van der Waals surface area contributed by atoms with Crippen LogP contribution >= 0.6 is 11.6 Å². The molecule has 0 bridgehead atoms. The van der Waals surface area contributed by atoms with Crippen LogP contribution in [-0.4, -0.2) is 16.9 Å². The van der Waals surface area contributed by atoms with E-state index >= 15 is 0 Å². The van der Waals surface area contributed by atoms with Crippen LogP contribution < -0.4 is 5.32 Å². The summed E-state index contributed by atoms with van der Waals surface area (Å²) in [5, 5.41) is 3.60. The third-order valence-electron chi connectivity index (χ3n) is 4.18. The Bertz CT molecular complexity index is 464. The number of rotatable bonds is 2. The average Bonchev–Trinajstić information content (AvgIpc) is 2.38. The fraction of sp³-hybridized carbons (Fsp3) is 0.625. The molecule has 1 fully saturated rings. The Morgan fingerprint density at radius 1 is 1.30 bits per heavy atom. The summed E-state index contributed by atoms with van der Waals surface area (Å²) in [6, 6.07) is 3.63. The van der Waals surface area contributed by atoms with Gasteiger partial charge in [-0.25, -0.2) is 4.98 Å². The molecule has 1 aromatic heterocycles. The van der Waals surface area contributed by atoms with E-state index < -0.39 is 0 Å². The number of hydrogen-bond acceptors (Lipinski definition) is 2. The number of aromatic nitrogens is 1. The molecule has 0 aliphatic heterocycles. The van der Waals surface area contributed by atoms with Gasteiger partial charge in [0.05, 0.1) is 5.56 Å². The Morgan fingerprint density at radius 3 is 2.60 bits per heavy atom. The van der Waals surface area contributed by atoms with E-state index in [1.54, 1.807) is 12.1 Å². The maximum Gasteiger partial charge on any atom is 0.253 e. The summed E-state index contributed by atoms with van der Waals surface area (Å²) >= 11 is 5.75. The van der Waals surface area contributed by atoms with Gasteiger partial charge in [-0.05, 0) is 36.3 Å². The first-order valence-corrected chi connectivity index (χ1v) is 7.68.